The van der Waals surface area contributed by atoms with Crippen LogP contribution < -0.4 is 15.4 Å². The van der Waals surface area contributed by atoms with Crippen LogP contribution in [-0.2, 0) is 14.8 Å². The predicted molar refractivity (Wildman–Crippen MR) is 80.4 cm³/mol. The number of methoxy groups -OCH3 is 1. The van der Waals surface area contributed by atoms with Gasteiger partial charge in [-0.3, -0.25) is 0 Å². The molecule has 1 aromatic carbocycles. The Morgan fingerprint density at radius 3 is 2.40 bits per heavy atom. The zero-order valence-electron chi connectivity index (χ0n) is 12.0. The Labute approximate surface area is 121 Å². The quantitative estimate of drug-likeness (QED) is 0.689. The molecule has 0 radical (unpaired) electrons. The summed E-state index contributed by atoms with van der Waals surface area (Å²) >= 11 is 0. The van der Waals surface area contributed by atoms with Gasteiger partial charge in [0.1, 0.15) is 0 Å². The first kappa shape index (κ1) is 16.9. The number of benzene rings is 1. The highest BCUT2D eigenvalue weighted by molar-refractivity contribution is 7.89. The van der Waals surface area contributed by atoms with Crippen LogP contribution in [0.25, 0.3) is 0 Å². The Morgan fingerprint density at radius 2 is 1.90 bits per heavy atom. The fourth-order valence-electron chi connectivity index (χ4n) is 1.81. The minimum atomic E-state index is -3.39. The van der Waals surface area contributed by atoms with E-state index in [1.54, 1.807) is 31.4 Å². The Bertz CT molecular complexity index is 480. The second-order valence-electron chi connectivity index (χ2n) is 4.32. The third-order valence-corrected chi connectivity index (χ3v) is 4.41. The molecule has 0 amide bonds. The Kier molecular flexibility index (Phi) is 6.94. The molecule has 0 unspecified atom stereocenters. The Hall–Kier alpha value is -1.15. The van der Waals surface area contributed by atoms with Crippen molar-refractivity contribution in [3.63, 3.8) is 0 Å². The molecule has 7 heteroatoms. The monoisotopic (exact) mass is 301 g/mol. The molecular formula is C13H23N3O3S. The molecule has 1 aromatic rings. The molecule has 0 saturated carbocycles. The molecule has 0 saturated heterocycles. The first-order chi connectivity index (χ1) is 9.55. The lowest BCUT2D eigenvalue weighted by molar-refractivity contribution is 0.205. The van der Waals surface area contributed by atoms with Crippen LogP contribution in [0.4, 0.5) is 5.69 Å². The van der Waals surface area contributed by atoms with Crippen LogP contribution in [-0.4, -0.2) is 48.8 Å². The van der Waals surface area contributed by atoms with Crippen LogP contribution in [0.15, 0.2) is 29.2 Å². The number of nitrogens with two attached hydrogens (primary N) is 1. The van der Waals surface area contributed by atoms with Crippen LogP contribution >= 0.6 is 0 Å². The number of ether oxygens (including phenoxy) is 1. The predicted octanol–water partition coefficient (Wildman–Crippen LogP) is 0.396. The van der Waals surface area contributed by atoms with Gasteiger partial charge in [0.15, 0.2) is 0 Å². The maximum Gasteiger partial charge on any atom is 0.240 e. The van der Waals surface area contributed by atoms with Gasteiger partial charge in [0.2, 0.25) is 10.0 Å². The largest absolute Gasteiger partial charge is 0.383 e. The van der Waals surface area contributed by atoms with Gasteiger partial charge in [0.25, 0.3) is 0 Å². The van der Waals surface area contributed by atoms with Gasteiger partial charge in [-0.05, 0) is 44.3 Å². The zero-order valence-corrected chi connectivity index (χ0v) is 12.8. The average molecular weight is 301 g/mol. The van der Waals surface area contributed by atoms with Crippen molar-refractivity contribution in [3.8, 4) is 0 Å². The van der Waals surface area contributed by atoms with E-state index in [-0.39, 0.29) is 4.90 Å². The summed E-state index contributed by atoms with van der Waals surface area (Å²) in [5.74, 6) is 0. The van der Waals surface area contributed by atoms with Crippen LogP contribution in [0.2, 0.25) is 0 Å². The number of rotatable bonds is 9. The maximum absolute atomic E-state index is 11.7. The van der Waals surface area contributed by atoms with Crippen molar-refractivity contribution in [2.45, 2.75) is 11.3 Å². The molecule has 0 spiro atoms. The van der Waals surface area contributed by atoms with Gasteiger partial charge in [-0.15, -0.1) is 0 Å². The number of hydrogen-bond acceptors (Lipinski definition) is 5. The van der Waals surface area contributed by atoms with Crippen molar-refractivity contribution >= 4 is 15.7 Å². The normalized spacial score (nSPS) is 11.6. The summed E-state index contributed by atoms with van der Waals surface area (Å²) in [4.78, 5) is 2.39. The highest BCUT2D eigenvalue weighted by atomic mass is 32.2. The van der Waals surface area contributed by atoms with E-state index in [9.17, 15) is 8.42 Å². The van der Waals surface area contributed by atoms with E-state index in [1.807, 2.05) is 0 Å². The maximum atomic E-state index is 11.7. The molecule has 20 heavy (non-hydrogen) atoms. The second-order valence-corrected chi connectivity index (χ2v) is 6.21. The molecule has 0 aliphatic heterocycles. The van der Waals surface area contributed by atoms with E-state index in [0.717, 1.165) is 25.2 Å². The highest BCUT2D eigenvalue weighted by Crippen LogP contribution is 2.18. The Morgan fingerprint density at radius 1 is 1.25 bits per heavy atom. The van der Waals surface area contributed by atoms with E-state index in [1.165, 1.54) is 7.05 Å². The zero-order chi connectivity index (χ0) is 15.0. The van der Waals surface area contributed by atoms with Crippen LogP contribution in [0.3, 0.4) is 0 Å². The lowest BCUT2D eigenvalue weighted by atomic mass is 10.2. The van der Waals surface area contributed by atoms with Crippen LogP contribution in [0.5, 0.6) is 0 Å². The van der Waals surface area contributed by atoms with E-state index in [0.29, 0.717) is 13.2 Å². The van der Waals surface area contributed by atoms with E-state index < -0.39 is 10.0 Å². The van der Waals surface area contributed by atoms with Crippen molar-refractivity contribution in [1.29, 1.82) is 0 Å². The van der Waals surface area contributed by atoms with Crippen molar-refractivity contribution in [1.82, 2.24) is 4.72 Å². The summed E-state index contributed by atoms with van der Waals surface area (Å²) in [7, 11) is -0.333. The molecule has 0 heterocycles. The molecule has 0 atom stereocenters. The van der Waals surface area contributed by atoms with Gasteiger partial charge in [-0.25, -0.2) is 13.1 Å². The third kappa shape index (κ3) is 4.75. The van der Waals surface area contributed by atoms with Gasteiger partial charge < -0.3 is 15.4 Å². The van der Waals surface area contributed by atoms with Crippen molar-refractivity contribution in [2.75, 3.05) is 45.3 Å². The Balaban J connectivity index is 2.86. The summed E-state index contributed by atoms with van der Waals surface area (Å²) in [5, 5.41) is 0. The molecule has 0 bridgehead atoms. The second kappa shape index (κ2) is 8.21. The van der Waals surface area contributed by atoms with Crippen LogP contribution in [0, 0.1) is 0 Å². The van der Waals surface area contributed by atoms with Gasteiger partial charge in [-0.1, -0.05) is 0 Å². The summed E-state index contributed by atoms with van der Waals surface area (Å²) in [6, 6.07) is 6.81. The molecule has 1 rings (SSSR count). The number of sulfonamides is 1. The van der Waals surface area contributed by atoms with Crippen molar-refractivity contribution < 1.29 is 13.2 Å². The lowest BCUT2D eigenvalue weighted by Gasteiger charge is -2.24. The number of nitrogens with one attached hydrogen (secondary N) is 1. The first-order valence-electron chi connectivity index (χ1n) is 6.52. The number of hydrogen-bond donors (Lipinski definition) is 2. The van der Waals surface area contributed by atoms with Gasteiger partial charge in [0, 0.05) is 25.9 Å². The standard InChI is InChI=1S/C13H23N3O3S/c1-15-20(17,18)13-6-4-12(5-7-13)16(9-3-8-14)10-11-19-2/h4-7,15H,3,8-11,14H2,1-2H3. The minimum absolute atomic E-state index is 0.259. The van der Waals surface area contributed by atoms with Crippen molar-refractivity contribution in [3.05, 3.63) is 24.3 Å². The van der Waals surface area contributed by atoms with E-state index in [4.69, 9.17) is 10.5 Å². The lowest BCUT2D eigenvalue weighted by Crippen LogP contribution is -2.29. The molecular weight excluding hydrogens is 278 g/mol. The summed E-state index contributed by atoms with van der Waals surface area (Å²) in [6.45, 7) is 2.80. The summed E-state index contributed by atoms with van der Waals surface area (Å²) in [5.41, 5.74) is 6.50. The van der Waals surface area contributed by atoms with Gasteiger partial charge in [0.05, 0.1) is 11.5 Å². The summed E-state index contributed by atoms with van der Waals surface area (Å²) < 4.78 is 30.7. The highest BCUT2D eigenvalue weighted by Gasteiger charge is 2.12. The fourth-order valence-corrected chi connectivity index (χ4v) is 2.54. The number of anilines is 1. The molecule has 0 aromatic heterocycles. The van der Waals surface area contributed by atoms with E-state index >= 15 is 0 Å². The molecule has 3 N–H and O–H groups in total. The SMILES string of the molecule is CNS(=O)(=O)c1ccc(N(CCCN)CCOC)cc1. The molecule has 6 nitrogen and oxygen atoms in total. The fraction of sp³-hybridized carbons (Fsp3) is 0.538. The topological polar surface area (TPSA) is 84.7 Å². The van der Waals surface area contributed by atoms with Crippen molar-refractivity contribution in [2.24, 2.45) is 5.73 Å². The summed E-state index contributed by atoms with van der Waals surface area (Å²) in [6.07, 6.45) is 0.875. The minimum Gasteiger partial charge on any atom is -0.383 e. The molecule has 0 aliphatic rings. The van der Waals surface area contributed by atoms with E-state index in [2.05, 4.69) is 9.62 Å². The smallest absolute Gasteiger partial charge is 0.240 e. The average Bonchev–Trinajstić information content (AvgIpc) is 2.47. The molecule has 114 valence electrons. The molecule has 0 fully saturated rings. The molecule has 0 aliphatic carbocycles. The first-order valence-corrected chi connectivity index (χ1v) is 8.01. The van der Waals surface area contributed by atoms with Gasteiger partial charge in [-0.2, -0.15) is 0 Å². The third-order valence-electron chi connectivity index (χ3n) is 2.98. The van der Waals surface area contributed by atoms with Gasteiger partial charge >= 0.3 is 0 Å². The number of nitrogens with zero attached hydrogens (tertiary/aromatic N) is 1. The van der Waals surface area contributed by atoms with Crippen LogP contribution in [0.1, 0.15) is 6.42 Å².